The summed E-state index contributed by atoms with van der Waals surface area (Å²) in [7, 11) is 5.51. The number of methoxy groups -OCH3 is 1. The third kappa shape index (κ3) is 5.07. The zero-order valence-corrected chi connectivity index (χ0v) is 14.6. The monoisotopic (exact) mass is 349 g/mol. The van der Waals surface area contributed by atoms with Gasteiger partial charge in [0.05, 0.1) is 17.7 Å². The molecule has 7 nitrogen and oxygen atoms in total. The van der Waals surface area contributed by atoms with E-state index < -0.39 is 0 Å². The summed E-state index contributed by atoms with van der Waals surface area (Å²) >= 11 is 6.04. The molecule has 0 saturated carbocycles. The van der Waals surface area contributed by atoms with E-state index in [0.717, 1.165) is 13.1 Å². The van der Waals surface area contributed by atoms with Crippen molar-refractivity contribution >= 4 is 29.1 Å². The van der Waals surface area contributed by atoms with Gasteiger partial charge in [-0.15, -0.1) is 0 Å². The van der Waals surface area contributed by atoms with E-state index in [1.165, 1.54) is 19.5 Å². The Morgan fingerprint density at radius 1 is 1.29 bits per heavy atom. The molecule has 2 N–H and O–H groups in total. The molecular formula is C16H20ClN5O2. The van der Waals surface area contributed by atoms with Gasteiger partial charge in [0.2, 0.25) is 5.95 Å². The van der Waals surface area contributed by atoms with Crippen molar-refractivity contribution in [3.05, 3.63) is 41.2 Å². The summed E-state index contributed by atoms with van der Waals surface area (Å²) in [5.74, 6) is 0.725. The van der Waals surface area contributed by atoms with Gasteiger partial charge in [0.25, 0.3) is 5.91 Å². The van der Waals surface area contributed by atoms with Crippen LogP contribution in [-0.2, 0) is 0 Å². The SMILES string of the molecule is COc1ccc(NC(=O)c2cnc(NCCN(C)C)nc2)cc1Cl. The number of nitrogens with zero attached hydrogens (tertiary/aromatic N) is 3. The molecule has 0 unspecified atom stereocenters. The summed E-state index contributed by atoms with van der Waals surface area (Å²) in [4.78, 5) is 22.5. The molecule has 1 amide bonds. The first-order valence-electron chi connectivity index (χ1n) is 7.35. The minimum atomic E-state index is -0.309. The summed E-state index contributed by atoms with van der Waals surface area (Å²) in [6.45, 7) is 1.59. The molecule has 1 aromatic heterocycles. The first-order chi connectivity index (χ1) is 11.5. The lowest BCUT2D eigenvalue weighted by Gasteiger charge is -2.10. The first-order valence-corrected chi connectivity index (χ1v) is 7.73. The maximum Gasteiger partial charge on any atom is 0.258 e. The lowest BCUT2D eigenvalue weighted by atomic mass is 10.2. The number of hydrogen-bond acceptors (Lipinski definition) is 6. The van der Waals surface area contributed by atoms with Crippen molar-refractivity contribution in [3.63, 3.8) is 0 Å². The molecule has 1 aromatic carbocycles. The Hall–Kier alpha value is -2.38. The van der Waals surface area contributed by atoms with Crippen LogP contribution in [0.3, 0.4) is 0 Å². The minimum absolute atomic E-state index is 0.309. The average Bonchev–Trinajstić information content (AvgIpc) is 2.55. The highest BCUT2D eigenvalue weighted by Gasteiger charge is 2.09. The summed E-state index contributed by atoms with van der Waals surface area (Å²) in [6, 6.07) is 5.02. The Morgan fingerprint density at radius 3 is 2.58 bits per heavy atom. The van der Waals surface area contributed by atoms with E-state index in [0.29, 0.717) is 28.0 Å². The van der Waals surface area contributed by atoms with Gasteiger partial charge in [-0.3, -0.25) is 4.79 Å². The molecule has 2 aromatic rings. The van der Waals surface area contributed by atoms with E-state index in [1.807, 2.05) is 14.1 Å². The zero-order chi connectivity index (χ0) is 17.5. The van der Waals surface area contributed by atoms with Gasteiger partial charge in [-0.1, -0.05) is 11.6 Å². The smallest absolute Gasteiger partial charge is 0.258 e. The van der Waals surface area contributed by atoms with Gasteiger partial charge in [-0.2, -0.15) is 0 Å². The molecule has 0 aliphatic carbocycles. The highest BCUT2D eigenvalue weighted by Crippen LogP contribution is 2.27. The van der Waals surface area contributed by atoms with Crippen LogP contribution in [0.1, 0.15) is 10.4 Å². The fourth-order valence-corrected chi connectivity index (χ4v) is 2.13. The fourth-order valence-electron chi connectivity index (χ4n) is 1.88. The molecule has 24 heavy (non-hydrogen) atoms. The quantitative estimate of drug-likeness (QED) is 0.799. The predicted molar refractivity (Wildman–Crippen MR) is 95.0 cm³/mol. The van der Waals surface area contributed by atoms with E-state index in [2.05, 4.69) is 25.5 Å². The highest BCUT2D eigenvalue weighted by atomic mass is 35.5. The van der Waals surface area contributed by atoms with Crippen LogP contribution in [0.15, 0.2) is 30.6 Å². The summed E-state index contributed by atoms with van der Waals surface area (Å²) in [5, 5.41) is 6.25. The molecule has 0 atom stereocenters. The van der Waals surface area contributed by atoms with Gasteiger partial charge in [0, 0.05) is 31.2 Å². The van der Waals surface area contributed by atoms with Crippen LogP contribution >= 0.6 is 11.6 Å². The van der Waals surface area contributed by atoms with E-state index in [9.17, 15) is 4.79 Å². The number of halogens is 1. The number of aromatic nitrogens is 2. The van der Waals surface area contributed by atoms with Crippen molar-refractivity contribution in [2.24, 2.45) is 0 Å². The third-order valence-corrected chi connectivity index (χ3v) is 3.46. The predicted octanol–water partition coefficient (Wildman–Crippen LogP) is 2.36. The summed E-state index contributed by atoms with van der Waals surface area (Å²) in [5.41, 5.74) is 0.930. The fraction of sp³-hybridized carbons (Fsp3) is 0.312. The van der Waals surface area contributed by atoms with Crippen LogP contribution in [0.2, 0.25) is 5.02 Å². The molecule has 0 bridgehead atoms. The van der Waals surface area contributed by atoms with Gasteiger partial charge in [0.15, 0.2) is 0 Å². The van der Waals surface area contributed by atoms with Crippen LogP contribution in [-0.4, -0.2) is 55.1 Å². The molecule has 1 heterocycles. The number of hydrogen-bond donors (Lipinski definition) is 2. The maximum atomic E-state index is 12.2. The number of amides is 1. The van der Waals surface area contributed by atoms with Crippen LogP contribution in [0, 0.1) is 0 Å². The second kappa shape index (κ2) is 8.47. The van der Waals surface area contributed by atoms with Gasteiger partial charge in [-0.25, -0.2) is 9.97 Å². The average molecular weight is 350 g/mol. The number of benzene rings is 1. The Morgan fingerprint density at radius 2 is 2.00 bits per heavy atom. The molecule has 2 rings (SSSR count). The third-order valence-electron chi connectivity index (χ3n) is 3.17. The summed E-state index contributed by atoms with van der Waals surface area (Å²) in [6.07, 6.45) is 2.96. The van der Waals surface area contributed by atoms with E-state index >= 15 is 0 Å². The van der Waals surface area contributed by atoms with E-state index in [-0.39, 0.29) is 5.91 Å². The largest absolute Gasteiger partial charge is 0.495 e. The normalized spacial score (nSPS) is 10.5. The van der Waals surface area contributed by atoms with Crippen LogP contribution in [0.5, 0.6) is 5.75 Å². The van der Waals surface area contributed by atoms with Crippen molar-refractivity contribution in [2.45, 2.75) is 0 Å². The Kier molecular flexibility index (Phi) is 6.34. The maximum absolute atomic E-state index is 12.2. The number of carbonyl (C=O) groups excluding carboxylic acids is 1. The van der Waals surface area contributed by atoms with Crippen molar-refractivity contribution in [1.82, 2.24) is 14.9 Å². The van der Waals surface area contributed by atoms with E-state index in [1.54, 1.807) is 18.2 Å². The number of carbonyl (C=O) groups is 1. The number of nitrogens with one attached hydrogen (secondary N) is 2. The second-order valence-electron chi connectivity index (χ2n) is 5.33. The van der Waals surface area contributed by atoms with Gasteiger partial charge in [0.1, 0.15) is 5.75 Å². The van der Waals surface area contributed by atoms with Crippen molar-refractivity contribution < 1.29 is 9.53 Å². The Labute approximate surface area is 146 Å². The summed E-state index contributed by atoms with van der Waals surface area (Å²) < 4.78 is 5.08. The molecule has 0 radical (unpaired) electrons. The molecule has 0 saturated heterocycles. The number of rotatable bonds is 7. The highest BCUT2D eigenvalue weighted by molar-refractivity contribution is 6.32. The zero-order valence-electron chi connectivity index (χ0n) is 13.8. The lowest BCUT2D eigenvalue weighted by molar-refractivity contribution is 0.102. The topological polar surface area (TPSA) is 79.4 Å². The number of likely N-dealkylation sites (N-methyl/N-ethyl adjacent to an activating group) is 1. The Bertz CT molecular complexity index is 691. The molecule has 0 fully saturated rings. The van der Waals surface area contributed by atoms with Crippen LogP contribution in [0.4, 0.5) is 11.6 Å². The lowest BCUT2D eigenvalue weighted by Crippen LogP contribution is -2.21. The van der Waals surface area contributed by atoms with E-state index in [4.69, 9.17) is 16.3 Å². The molecule has 128 valence electrons. The van der Waals surface area contributed by atoms with Gasteiger partial charge in [-0.05, 0) is 32.3 Å². The van der Waals surface area contributed by atoms with Crippen LogP contribution in [0.25, 0.3) is 0 Å². The number of anilines is 2. The second-order valence-corrected chi connectivity index (χ2v) is 5.74. The standard InChI is InChI=1S/C16H20ClN5O2/c1-22(2)7-6-18-16-19-9-11(10-20-16)15(23)21-12-4-5-14(24-3)13(17)8-12/h4-5,8-10H,6-7H2,1-3H3,(H,21,23)(H,18,19,20). The van der Waals surface area contributed by atoms with Crippen LogP contribution < -0.4 is 15.4 Å². The molecule has 0 aliphatic heterocycles. The molecule has 8 heteroatoms. The number of ether oxygens (including phenoxy) is 1. The van der Waals surface area contributed by atoms with Crippen molar-refractivity contribution in [3.8, 4) is 5.75 Å². The molecule has 0 aliphatic rings. The van der Waals surface area contributed by atoms with Gasteiger partial charge < -0.3 is 20.3 Å². The molecular weight excluding hydrogens is 330 g/mol. The van der Waals surface area contributed by atoms with Crippen molar-refractivity contribution in [1.29, 1.82) is 0 Å². The minimum Gasteiger partial charge on any atom is -0.495 e. The Balaban J connectivity index is 1.96. The first kappa shape index (κ1) is 18.0. The van der Waals surface area contributed by atoms with Crippen molar-refractivity contribution in [2.75, 3.05) is 44.9 Å². The molecule has 0 spiro atoms. The van der Waals surface area contributed by atoms with Gasteiger partial charge >= 0.3 is 0 Å².